The van der Waals surface area contributed by atoms with E-state index < -0.39 is 0 Å². The van der Waals surface area contributed by atoms with E-state index in [1.165, 1.54) is 11.1 Å². The summed E-state index contributed by atoms with van der Waals surface area (Å²) in [6, 6.07) is 18.5. The Bertz CT molecular complexity index is 596. The van der Waals surface area contributed by atoms with Gasteiger partial charge in [0.1, 0.15) is 11.1 Å². The third-order valence-electron chi connectivity index (χ3n) is 3.18. The molecule has 0 unspecified atom stereocenters. The zero-order valence-corrected chi connectivity index (χ0v) is 12.1. The van der Waals surface area contributed by atoms with Crippen LogP contribution in [0.3, 0.4) is 0 Å². The van der Waals surface area contributed by atoms with Gasteiger partial charge in [0.2, 0.25) is 0 Å². The van der Waals surface area contributed by atoms with Gasteiger partial charge in [-0.2, -0.15) is 5.10 Å². The van der Waals surface area contributed by atoms with Gasteiger partial charge < -0.3 is 4.74 Å². The summed E-state index contributed by atoms with van der Waals surface area (Å²) in [4.78, 5) is 0. The maximum atomic E-state index is 5.18. The summed E-state index contributed by atoms with van der Waals surface area (Å²) in [6.07, 6.45) is 0.880. The molecule has 2 aromatic carbocycles. The molecule has 0 aromatic heterocycles. The first-order chi connectivity index (χ1) is 9.85. The third-order valence-corrected chi connectivity index (χ3v) is 4.30. The van der Waals surface area contributed by atoms with Crippen LogP contribution in [0.1, 0.15) is 16.5 Å². The van der Waals surface area contributed by atoms with Gasteiger partial charge in [0.25, 0.3) is 0 Å². The quantitative estimate of drug-likeness (QED) is 0.931. The Balaban J connectivity index is 1.63. The standard InChI is InChI=1S/C16H16N2OS/c1-19-14-9-7-13(8-10-14)16-18-17-15(20-16)11-12-5-3-2-4-6-12/h2-10,16,18H,11H2,1H3/t16-/m0/s1. The lowest BCUT2D eigenvalue weighted by Crippen LogP contribution is -2.06. The summed E-state index contributed by atoms with van der Waals surface area (Å²) in [5.74, 6) is 0.877. The number of rotatable bonds is 4. The molecule has 0 spiro atoms. The lowest BCUT2D eigenvalue weighted by atomic mass is 10.2. The lowest BCUT2D eigenvalue weighted by Gasteiger charge is -2.10. The monoisotopic (exact) mass is 284 g/mol. The van der Waals surface area contributed by atoms with Crippen LogP contribution in [0.4, 0.5) is 0 Å². The number of hydrogen-bond acceptors (Lipinski definition) is 4. The van der Waals surface area contributed by atoms with Crippen LogP contribution < -0.4 is 10.2 Å². The highest BCUT2D eigenvalue weighted by Gasteiger charge is 2.20. The number of hydrogen-bond donors (Lipinski definition) is 1. The van der Waals surface area contributed by atoms with E-state index in [9.17, 15) is 0 Å². The van der Waals surface area contributed by atoms with E-state index in [-0.39, 0.29) is 5.37 Å². The van der Waals surface area contributed by atoms with Crippen molar-refractivity contribution in [2.24, 2.45) is 5.10 Å². The number of nitrogens with one attached hydrogen (secondary N) is 1. The van der Waals surface area contributed by atoms with Gasteiger partial charge in [-0.1, -0.05) is 54.2 Å². The molecule has 1 aliphatic rings. The second kappa shape index (κ2) is 6.01. The Kier molecular flexibility index (Phi) is 3.92. The van der Waals surface area contributed by atoms with E-state index in [4.69, 9.17) is 4.74 Å². The van der Waals surface area contributed by atoms with Crippen LogP contribution in [0.5, 0.6) is 5.75 Å². The highest BCUT2D eigenvalue weighted by atomic mass is 32.2. The van der Waals surface area contributed by atoms with Crippen molar-refractivity contribution in [1.29, 1.82) is 0 Å². The summed E-state index contributed by atoms with van der Waals surface area (Å²) in [6.45, 7) is 0. The number of methoxy groups -OCH3 is 1. The molecule has 0 aliphatic carbocycles. The van der Waals surface area contributed by atoms with Crippen LogP contribution in [-0.4, -0.2) is 12.2 Å². The van der Waals surface area contributed by atoms with Crippen LogP contribution in [0.15, 0.2) is 59.7 Å². The zero-order valence-electron chi connectivity index (χ0n) is 11.2. The minimum Gasteiger partial charge on any atom is -0.497 e. The molecule has 3 nitrogen and oxygen atoms in total. The average molecular weight is 284 g/mol. The van der Waals surface area contributed by atoms with Crippen molar-refractivity contribution in [2.45, 2.75) is 11.8 Å². The molecule has 1 N–H and O–H groups in total. The highest BCUT2D eigenvalue weighted by molar-refractivity contribution is 8.14. The smallest absolute Gasteiger partial charge is 0.120 e. The number of hydrazone groups is 1. The molecule has 1 heterocycles. The predicted molar refractivity (Wildman–Crippen MR) is 84.0 cm³/mol. The molecule has 0 fully saturated rings. The van der Waals surface area contributed by atoms with Crippen molar-refractivity contribution in [3.05, 3.63) is 65.7 Å². The second-order valence-corrected chi connectivity index (χ2v) is 5.75. The fourth-order valence-electron chi connectivity index (χ4n) is 2.09. The van der Waals surface area contributed by atoms with E-state index in [1.807, 2.05) is 18.2 Å². The molecule has 1 atom stereocenters. The van der Waals surface area contributed by atoms with Crippen molar-refractivity contribution < 1.29 is 4.74 Å². The number of ether oxygens (including phenoxy) is 1. The largest absolute Gasteiger partial charge is 0.497 e. The molecule has 0 saturated carbocycles. The fraction of sp³-hybridized carbons (Fsp3) is 0.188. The van der Waals surface area contributed by atoms with Gasteiger partial charge in [0.15, 0.2) is 0 Å². The predicted octanol–water partition coefficient (Wildman–Crippen LogP) is 3.59. The SMILES string of the molecule is COc1ccc([C@H]2NN=C(Cc3ccccc3)S2)cc1. The van der Waals surface area contributed by atoms with Crippen molar-refractivity contribution >= 4 is 16.8 Å². The molecule has 0 saturated heterocycles. The fourth-order valence-corrected chi connectivity index (χ4v) is 3.12. The van der Waals surface area contributed by atoms with E-state index in [0.717, 1.165) is 17.2 Å². The Morgan fingerprint density at radius 1 is 1.10 bits per heavy atom. The molecule has 102 valence electrons. The van der Waals surface area contributed by atoms with Gasteiger partial charge >= 0.3 is 0 Å². The number of thioether (sulfide) groups is 1. The van der Waals surface area contributed by atoms with Gasteiger partial charge in [-0.3, -0.25) is 5.43 Å². The van der Waals surface area contributed by atoms with Gasteiger partial charge in [0.05, 0.1) is 12.2 Å². The van der Waals surface area contributed by atoms with Crippen LogP contribution in [0.25, 0.3) is 0 Å². The zero-order chi connectivity index (χ0) is 13.8. The van der Waals surface area contributed by atoms with E-state index in [1.54, 1.807) is 18.9 Å². The molecule has 1 aliphatic heterocycles. The summed E-state index contributed by atoms with van der Waals surface area (Å²) < 4.78 is 5.18. The topological polar surface area (TPSA) is 33.6 Å². The van der Waals surface area contributed by atoms with Crippen molar-refractivity contribution in [3.8, 4) is 5.75 Å². The normalized spacial score (nSPS) is 17.4. The lowest BCUT2D eigenvalue weighted by molar-refractivity contribution is 0.414. The van der Waals surface area contributed by atoms with Crippen LogP contribution >= 0.6 is 11.8 Å². The maximum absolute atomic E-state index is 5.18. The molecule has 4 heteroatoms. The second-order valence-electron chi connectivity index (χ2n) is 4.57. The van der Waals surface area contributed by atoms with Crippen LogP contribution in [0, 0.1) is 0 Å². The summed E-state index contributed by atoms with van der Waals surface area (Å²) in [5, 5.41) is 5.75. The molecule has 2 aromatic rings. The van der Waals surface area contributed by atoms with Gasteiger partial charge in [-0.05, 0) is 23.3 Å². The van der Waals surface area contributed by atoms with Crippen LogP contribution in [-0.2, 0) is 6.42 Å². The third kappa shape index (κ3) is 2.96. The first-order valence-electron chi connectivity index (χ1n) is 6.52. The summed E-state index contributed by atoms with van der Waals surface area (Å²) in [5.41, 5.74) is 5.69. The van der Waals surface area contributed by atoms with Crippen molar-refractivity contribution in [1.82, 2.24) is 5.43 Å². The minimum atomic E-state index is 0.194. The Morgan fingerprint density at radius 3 is 2.55 bits per heavy atom. The number of nitrogens with zero attached hydrogens (tertiary/aromatic N) is 1. The van der Waals surface area contributed by atoms with Crippen LogP contribution in [0.2, 0.25) is 0 Å². The van der Waals surface area contributed by atoms with Gasteiger partial charge in [-0.15, -0.1) is 0 Å². The summed E-state index contributed by atoms with van der Waals surface area (Å²) in [7, 11) is 1.68. The van der Waals surface area contributed by atoms with E-state index in [0.29, 0.717) is 0 Å². The highest BCUT2D eigenvalue weighted by Crippen LogP contribution is 2.33. The molecule has 0 bridgehead atoms. The van der Waals surface area contributed by atoms with Gasteiger partial charge in [0, 0.05) is 6.42 Å². The molecule has 3 rings (SSSR count). The molecule has 0 radical (unpaired) electrons. The van der Waals surface area contributed by atoms with E-state index in [2.05, 4.69) is 46.9 Å². The first kappa shape index (κ1) is 13.1. The average Bonchev–Trinajstić information content (AvgIpc) is 2.97. The molecule has 20 heavy (non-hydrogen) atoms. The maximum Gasteiger partial charge on any atom is 0.120 e. The Morgan fingerprint density at radius 2 is 1.85 bits per heavy atom. The summed E-state index contributed by atoms with van der Waals surface area (Å²) >= 11 is 1.77. The van der Waals surface area contributed by atoms with Crippen molar-refractivity contribution in [3.63, 3.8) is 0 Å². The minimum absolute atomic E-state index is 0.194. The molecular formula is C16H16N2OS. The molecular weight excluding hydrogens is 268 g/mol. The number of benzene rings is 2. The molecule has 0 amide bonds. The Hall–Kier alpha value is -1.94. The Labute approximate surface area is 123 Å². The van der Waals surface area contributed by atoms with Crippen molar-refractivity contribution in [2.75, 3.05) is 7.11 Å². The van der Waals surface area contributed by atoms with Gasteiger partial charge in [-0.25, -0.2) is 0 Å². The van der Waals surface area contributed by atoms with E-state index >= 15 is 0 Å². The first-order valence-corrected chi connectivity index (χ1v) is 7.40.